The smallest absolute Gasteiger partial charge is 0.179 e. The minimum Gasteiger partial charge on any atom is -0.292 e. The summed E-state index contributed by atoms with van der Waals surface area (Å²) in [6.45, 7) is 5.74. The Kier molecular flexibility index (Phi) is 5.08. The molecule has 0 bridgehead atoms. The Bertz CT molecular complexity index is 536. The largest absolute Gasteiger partial charge is 0.292 e. The molecule has 0 aromatic heterocycles. The van der Waals surface area contributed by atoms with Gasteiger partial charge in [-0.15, -0.1) is 0 Å². The minimum absolute atomic E-state index is 0.109. The molecule has 2 aromatic carbocycles. The first-order chi connectivity index (χ1) is 9.72. The number of benzene rings is 2. The van der Waals surface area contributed by atoms with E-state index in [2.05, 4.69) is 24.0 Å². The van der Waals surface area contributed by atoms with E-state index in [0.717, 1.165) is 18.7 Å². The summed E-state index contributed by atoms with van der Waals surface area (Å²) in [6, 6.07) is 19.7. The van der Waals surface area contributed by atoms with Crippen molar-refractivity contribution >= 4 is 5.78 Å². The molecule has 104 valence electrons. The molecule has 0 aliphatic heterocycles. The summed E-state index contributed by atoms with van der Waals surface area (Å²) < 4.78 is 0. The quantitative estimate of drug-likeness (QED) is 0.742. The highest BCUT2D eigenvalue weighted by molar-refractivity contribution is 5.99. The van der Waals surface area contributed by atoms with Gasteiger partial charge in [0.05, 0.1) is 6.04 Å². The Morgan fingerprint density at radius 3 is 2.10 bits per heavy atom. The molecule has 0 heterocycles. The van der Waals surface area contributed by atoms with Crippen LogP contribution in [0.1, 0.15) is 29.8 Å². The van der Waals surface area contributed by atoms with Gasteiger partial charge in [-0.05, 0) is 19.0 Å². The second-order valence-corrected chi connectivity index (χ2v) is 4.95. The molecule has 0 radical (unpaired) electrons. The lowest BCUT2D eigenvalue weighted by Crippen LogP contribution is -2.38. The number of carbonyl (C=O) groups is 1. The lowest BCUT2D eigenvalue weighted by molar-refractivity contribution is 0.0835. The molecule has 1 atom stereocenters. The van der Waals surface area contributed by atoms with Crippen molar-refractivity contribution in [3.05, 3.63) is 71.8 Å². The fourth-order valence-electron chi connectivity index (χ4n) is 2.35. The van der Waals surface area contributed by atoms with Crippen LogP contribution in [-0.4, -0.2) is 23.3 Å². The zero-order chi connectivity index (χ0) is 14.4. The van der Waals surface area contributed by atoms with Crippen LogP contribution in [0.5, 0.6) is 0 Å². The number of carbonyl (C=O) groups excluding carboxylic acids is 1. The van der Waals surface area contributed by atoms with Crippen LogP contribution < -0.4 is 0 Å². The normalized spacial score (nSPS) is 12.3. The highest BCUT2D eigenvalue weighted by Gasteiger charge is 2.21. The van der Waals surface area contributed by atoms with Gasteiger partial charge in [-0.1, -0.05) is 67.6 Å². The van der Waals surface area contributed by atoms with Crippen LogP contribution in [0.4, 0.5) is 0 Å². The first-order valence-electron chi connectivity index (χ1n) is 7.09. The fraction of sp³-hybridized carbons (Fsp3) is 0.278. The molecule has 2 heteroatoms. The zero-order valence-electron chi connectivity index (χ0n) is 12.1. The van der Waals surface area contributed by atoms with Crippen LogP contribution in [0.15, 0.2) is 60.7 Å². The second-order valence-electron chi connectivity index (χ2n) is 4.95. The van der Waals surface area contributed by atoms with E-state index in [1.54, 1.807) is 0 Å². The van der Waals surface area contributed by atoms with Crippen LogP contribution in [0.3, 0.4) is 0 Å². The molecule has 0 N–H and O–H groups in total. The Balaban J connectivity index is 2.09. The maximum atomic E-state index is 12.5. The Morgan fingerprint density at radius 1 is 1.00 bits per heavy atom. The molecular weight excluding hydrogens is 246 g/mol. The maximum absolute atomic E-state index is 12.5. The number of hydrogen-bond donors (Lipinski definition) is 0. The van der Waals surface area contributed by atoms with Gasteiger partial charge in [0, 0.05) is 12.1 Å². The predicted molar refractivity (Wildman–Crippen MR) is 82.8 cm³/mol. The number of hydrogen-bond acceptors (Lipinski definition) is 2. The maximum Gasteiger partial charge on any atom is 0.179 e. The van der Waals surface area contributed by atoms with Crippen LogP contribution in [0.25, 0.3) is 0 Å². The number of nitrogens with zero attached hydrogens (tertiary/aromatic N) is 1. The van der Waals surface area contributed by atoms with Crippen molar-refractivity contribution in [1.29, 1.82) is 0 Å². The Hall–Kier alpha value is -1.93. The number of rotatable bonds is 6. The molecule has 2 nitrogen and oxygen atoms in total. The lowest BCUT2D eigenvalue weighted by atomic mass is 10.0. The molecule has 1 unspecified atom stereocenters. The van der Waals surface area contributed by atoms with Gasteiger partial charge < -0.3 is 0 Å². The van der Waals surface area contributed by atoms with Crippen LogP contribution in [0.2, 0.25) is 0 Å². The Labute approximate surface area is 121 Å². The molecule has 0 fully saturated rings. The highest BCUT2D eigenvalue weighted by Crippen LogP contribution is 2.12. The first kappa shape index (κ1) is 14.5. The molecule has 20 heavy (non-hydrogen) atoms. The van der Waals surface area contributed by atoms with Gasteiger partial charge in [-0.2, -0.15) is 0 Å². The summed E-state index contributed by atoms with van der Waals surface area (Å²) in [5, 5.41) is 0. The molecule has 0 aliphatic rings. The molecular formula is C18H21NO. The van der Waals surface area contributed by atoms with Gasteiger partial charge in [0.2, 0.25) is 0 Å². The monoisotopic (exact) mass is 267 g/mol. The number of Topliss-reactive ketones (excluding diaryl/α,β-unsaturated/α-hetero) is 1. The number of ketones is 1. The van der Waals surface area contributed by atoms with Crippen LogP contribution in [-0.2, 0) is 6.54 Å². The second kappa shape index (κ2) is 7.01. The molecule has 0 aliphatic carbocycles. The average molecular weight is 267 g/mol. The third-order valence-electron chi connectivity index (χ3n) is 3.62. The summed E-state index contributed by atoms with van der Waals surface area (Å²) in [5.74, 6) is 0.184. The van der Waals surface area contributed by atoms with Gasteiger partial charge in [-0.3, -0.25) is 9.69 Å². The van der Waals surface area contributed by atoms with Crippen molar-refractivity contribution in [1.82, 2.24) is 4.90 Å². The summed E-state index contributed by atoms with van der Waals surface area (Å²) in [7, 11) is 0. The van der Waals surface area contributed by atoms with E-state index in [0.29, 0.717) is 0 Å². The summed E-state index contributed by atoms with van der Waals surface area (Å²) >= 11 is 0. The zero-order valence-corrected chi connectivity index (χ0v) is 12.1. The predicted octanol–water partition coefficient (Wildman–Crippen LogP) is 3.78. The third kappa shape index (κ3) is 3.55. The molecule has 2 aromatic rings. The molecule has 0 amide bonds. The van der Waals surface area contributed by atoms with Crippen molar-refractivity contribution in [2.24, 2.45) is 0 Å². The molecule has 0 saturated carbocycles. The van der Waals surface area contributed by atoms with E-state index in [1.165, 1.54) is 5.56 Å². The van der Waals surface area contributed by atoms with E-state index in [9.17, 15) is 4.79 Å². The van der Waals surface area contributed by atoms with Crippen LogP contribution >= 0.6 is 0 Å². The van der Waals surface area contributed by atoms with Gasteiger partial charge >= 0.3 is 0 Å². The average Bonchev–Trinajstić information content (AvgIpc) is 2.53. The number of likely N-dealkylation sites (N-methyl/N-ethyl adjacent to an activating group) is 1. The summed E-state index contributed by atoms with van der Waals surface area (Å²) in [6.07, 6.45) is 0. The van der Waals surface area contributed by atoms with E-state index in [-0.39, 0.29) is 11.8 Å². The standard InChI is InChI=1S/C18H21NO/c1-3-19(14-16-10-6-4-7-11-16)15(2)18(20)17-12-8-5-9-13-17/h4-13,15H,3,14H2,1-2H3. The van der Waals surface area contributed by atoms with Crippen molar-refractivity contribution in [2.45, 2.75) is 26.4 Å². The first-order valence-corrected chi connectivity index (χ1v) is 7.09. The third-order valence-corrected chi connectivity index (χ3v) is 3.62. The van der Waals surface area contributed by atoms with Gasteiger partial charge in [0.15, 0.2) is 5.78 Å². The highest BCUT2D eigenvalue weighted by atomic mass is 16.1. The van der Waals surface area contributed by atoms with E-state index in [4.69, 9.17) is 0 Å². The topological polar surface area (TPSA) is 20.3 Å². The fourth-order valence-corrected chi connectivity index (χ4v) is 2.35. The van der Waals surface area contributed by atoms with Gasteiger partial charge in [0.25, 0.3) is 0 Å². The molecule has 0 spiro atoms. The van der Waals surface area contributed by atoms with Crippen molar-refractivity contribution in [3.8, 4) is 0 Å². The summed E-state index contributed by atoms with van der Waals surface area (Å²) in [4.78, 5) is 14.7. The van der Waals surface area contributed by atoms with Crippen molar-refractivity contribution in [3.63, 3.8) is 0 Å². The minimum atomic E-state index is -0.109. The SMILES string of the molecule is CCN(Cc1ccccc1)C(C)C(=O)c1ccccc1. The van der Waals surface area contributed by atoms with Crippen LogP contribution in [0, 0.1) is 0 Å². The summed E-state index contributed by atoms with van der Waals surface area (Å²) in [5.41, 5.74) is 2.02. The lowest BCUT2D eigenvalue weighted by Gasteiger charge is -2.26. The van der Waals surface area contributed by atoms with Crippen molar-refractivity contribution < 1.29 is 4.79 Å². The van der Waals surface area contributed by atoms with E-state index < -0.39 is 0 Å². The molecule has 2 rings (SSSR count). The molecule has 0 saturated heterocycles. The van der Waals surface area contributed by atoms with Gasteiger partial charge in [0.1, 0.15) is 0 Å². The van der Waals surface area contributed by atoms with Crippen molar-refractivity contribution in [2.75, 3.05) is 6.54 Å². The van der Waals surface area contributed by atoms with Gasteiger partial charge in [-0.25, -0.2) is 0 Å². The van der Waals surface area contributed by atoms with E-state index >= 15 is 0 Å². The Morgan fingerprint density at radius 2 is 1.55 bits per heavy atom. The van der Waals surface area contributed by atoms with E-state index in [1.807, 2.05) is 55.5 Å².